The number of esters is 1. The molecular weight excluding hydrogens is 424 g/mol. The molecule has 0 saturated carbocycles. The lowest BCUT2D eigenvalue weighted by Gasteiger charge is -2.39. The van der Waals surface area contributed by atoms with Gasteiger partial charge in [0.15, 0.2) is 5.41 Å². The summed E-state index contributed by atoms with van der Waals surface area (Å²) in [4.78, 5) is 12.3. The van der Waals surface area contributed by atoms with Crippen LogP contribution in [0.15, 0.2) is 0 Å². The number of rotatable bonds is 22. The van der Waals surface area contributed by atoms with Crippen molar-refractivity contribution in [2.24, 2.45) is 0 Å². The monoisotopic (exact) mass is 482 g/mol. The van der Waals surface area contributed by atoms with Gasteiger partial charge < -0.3 is 9.47 Å². The van der Waals surface area contributed by atoms with E-state index in [1.54, 1.807) is 0 Å². The van der Waals surface area contributed by atoms with E-state index in [0.29, 0.717) is 6.42 Å². The summed E-state index contributed by atoms with van der Waals surface area (Å²) in [6.07, 6.45) is 29.8. The molecule has 0 amide bonds. The number of carbonyl (C=O) groups excluding carboxylic acids is 1. The third kappa shape index (κ3) is 16.0. The summed E-state index contributed by atoms with van der Waals surface area (Å²) in [7, 11) is -1.19. The van der Waals surface area contributed by atoms with E-state index >= 15 is 0 Å². The molecule has 0 aromatic rings. The summed E-state index contributed by atoms with van der Waals surface area (Å²) in [5.74, 6) is -0.0370. The molecule has 0 aliphatic carbocycles. The average molecular weight is 483 g/mol. The first-order valence-corrected chi connectivity index (χ1v) is 17.8. The Morgan fingerprint density at radius 1 is 0.697 bits per heavy atom. The zero-order valence-corrected chi connectivity index (χ0v) is 23.9. The molecule has 1 rings (SSSR count). The van der Waals surface area contributed by atoms with Crippen molar-refractivity contribution in [2.75, 3.05) is 6.61 Å². The summed E-state index contributed by atoms with van der Waals surface area (Å²) in [6.45, 7) is 7.50. The molecule has 4 heteroatoms. The molecular formula is C29H58O3Si. The Labute approximate surface area is 208 Å². The molecule has 1 saturated heterocycles. The van der Waals surface area contributed by atoms with Crippen molar-refractivity contribution in [1.29, 1.82) is 0 Å². The molecule has 0 radical (unpaired) electrons. The van der Waals surface area contributed by atoms with Gasteiger partial charge in [-0.25, -0.2) is 0 Å². The number of carbonyl (C=O) groups is 1. The summed E-state index contributed by atoms with van der Waals surface area (Å²) >= 11 is 0. The van der Waals surface area contributed by atoms with E-state index in [2.05, 4.69) is 20.0 Å². The topological polar surface area (TPSA) is 35.5 Å². The van der Waals surface area contributed by atoms with E-state index in [9.17, 15) is 4.79 Å². The zero-order valence-electron chi connectivity index (χ0n) is 22.8. The highest BCUT2D eigenvalue weighted by atomic mass is 28.3. The Hall–Kier alpha value is -0.353. The van der Waals surface area contributed by atoms with Crippen molar-refractivity contribution in [3.8, 4) is 0 Å². The maximum Gasteiger partial charge on any atom is 0.308 e. The van der Waals surface area contributed by atoms with E-state index in [1.165, 1.54) is 109 Å². The molecule has 0 aromatic heterocycles. The first kappa shape index (κ1) is 30.7. The standard InChI is InChI=1S/C29H58O3Si/c1-4-5-6-7-8-9-10-11-12-13-14-15-16-17-18-19-20-21-22-25-28(30)32-29(33(2)3)26-23-24-27-31-29/h33H,4-27H2,1-3H3. The van der Waals surface area contributed by atoms with Crippen LogP contribution < -0.4 is 0 Å². The number of hydrogen-bond donors (Lipinski definition) is 0. The number of hydrogen-bond acceptors (Lipinski definition) is 3. The molecule has 1 unspecified atom stereocenters. The second-order valence-corrected chi connectivity index (χ2v) is 14.0. The van der Waals surface area contributed by atoms with Crippen molar-refractivity contribution in [3.05, 3.63) is 0 Å². The summed E-state index contributed by atoms with van der Waals surface area (Å²) in [5, 5.41) is 0. The van der Waals surface area contributed by atoms with E-state index in [-0.39, 0.29) is 5.97 Å². The SMILES string of the molecule is CCCCCCCCCCCCCCCCCCCCCC(=O)OC1([SiH](C)C)CCCCO1. The van der Waals surface area contributed by atoms with Crippen LogP contribution in [0.5, 0.6) is 0 Å². The van der Waals surface area contributed by atoms with Crippen LogP contribution in [0.3, 0.4) is 0 Å². The Morgan fingerprint density at radius 2 is 1.12 bits per heavy atom. The van der Waals surface area contributed by atoms with Crippen LogP contribution in [0.1, 0.15) is 155 Å². The fraction of sp³-hybridized carbons (Fsp3) is 0.966. The molecule has 196 valence electrons. The van der Waals surface area contributed by atoms with Crippen molar-refractivity contribution in [2.45, 2.75) is 173 Å². The van der Waals surface area contributed by atoms with Crippen LogP contribution in [0, 0.1) is 0 Å². The van der Waals surface area contributed by atoms with E-state index in [0.717, 1.165) is 38.7 Å². The molecule has 1 aliphatic heterocycles. The second-order valence-electron chi connectivity index (χ2n) is 10.9. The molecule has 1 aliphatic rings. The molecule has 0 N–H and O–H groups in total. The van der Waals surface area contributed by atoms with Crippen molar-refractivity contribution in [1.82, 2.24) is 0 Å². The van der Waals surface area contributed by atoms with Gasteiger partial charge in [-0.05, 0) is 19.3 Å². The molecule has 3 nitrogen and oxygen atoms in total. The van der Waals surface area contributed by atoms with E-state index in [4.69, 9.17) is 9.47 Å². The smallest absolute Gasteiger partial charge is 0.308 e. The second kappa shape index (κ2) is 21.0. The van der Waals surface area contributed by atoms with Gasteiger partial charge in [-0.2, -0.15) is 0 Å². The van der Waals surface area contributed by atoms with Crippen LogP contribution in [0.2, 0.25) is 13.1 Å². The Morgan fingerprint density at radius 3 is 1.48 bits per heavy atom. The third-order valence-corrected chi connectivity index (χ3v) is 9.75. The highest BCUT2D eigenvalue weighted by molar-refractivity contribution is 6.58. The first-order chi connectivity index (χ1) is 16.1. The van der Waals surface area contributed by atoms with Crippen molar-refractivity contribution < 1.29 is 14.3 Å². The van der Waals surface area contributed by atoms with Gasteiger partial charge in [-0.3, -0.25) is 4.79 Å². The quantitative estimate of drug-likeness (QED) is 0.0876. The highest BCUT2D eigenvalue weighted by Crippen LogP contribution is 2.30. The van der Waals surface area contributed by atoms with Crippen LogP contribution in [0.4, 0.5) is 0 Å². The van der Waals surface area contributed by atoms with Gasteiger partial charge in [-0.1, -0.05) is 136 Å². The Bertz CT molecular complexity index is 446. The van der Waals surface area contributed by atoms with Crippen molar-refractivity contribution >= 4 is 14.8 Å². The molecule has 1 fully saturated rings. The predicted molar refractivity (Wildman–Crippen MR) is 146 cm³/mol. The molecule has 1 atom stereocenters. The summed E-state index contributed by atoms with van der Waals surface area (Å²) < 4.78 is 11.8. The first-order valence-electron chi connectivity index (χ1n) is 15.0. The van der Waals surface area contributed by atoms with Gasteiger partial charge in [-0.15, -0.1) is 0 Å². The number of ether oxygens (including phenoxy) is 2. The summed E-state index contributed by atoms with van der Waals surface area (Å²) in [5.41, 5.74) is -0.525. The lowest BCUT2D eigenvalue weighted by Crippen LogP contribution is -2.51. The van der Waals surface area contributed by atoms with Gasteiger partial charge in [0.2, 0.25) is 0 Å². The van der Waals surface area contributed by atoms with Crippen molar-refractivity contribution in [3.63, 3.8) is 0 Å². The van der Waals surface area contributed by atoms with Gasteiger partial charge >= 0.3 is 5.97 Å². The fourth-order valence-corrected chi connectivity index (χ4v) is 6.64. The van der Waals surface area contributed by atoms with Gasteiger partial charge in [0.1, 0.15) is 8.80 Å². The lowest BCUT2D eigenvalue weighted by atomic mass is 10.0. The normalized spacial score (nSPS) is 18.7. The van der Waals surface area contributed by atoms with Crippen LogP contribution in [-0.2, 0) is 14.3 Å². The molecule has 0 spiro atoms. The third-order valence-electron chi connectivity index (χ3n) is 7.42. The molecule has 0 bridgehead atoms. The van der Waals surface area contributed by atoms with Crippen LogP contribution in [-0.4, -0.2) is 26.8 Å². The van der Waals surface area contributed by atoms with Crippen LogP contribution >= 0.6 is 0 Å². The fourth-order valence-electron chi connectivity index (χ4n) is 5.04. The molecule has 33 heavy (non-hydrogen) atoms. The average Bonchev–Trinajstić information content (AvgIpc) is 2.81. The molecule has 0 aromatic carbocycles. The zero-order chi connectivity index (χ0) is 24.0. The highest BCUT2D eigenvalue weighted by Gasteiger charge is 2.40. The maximum atomic E-state index is 12.3. The van der Waals surface area contributed by atoms with Crippen LogP contribution in [0.25, 0.3) is 0 Å². The van der Waals surface area contributed by atoms with Gasteiger partial charge in [0.05, 0.1) is 6.61 Å². The lowest BCUT2D eigenvalue weighted by molar-refractivity contribution is -0.209. The largest absolute Gasteiger partial charge is 0.438 e. The number of unbranched alkanes of at least 4 members (excludes halogenated alkanes) is 18. The Kier molecular flexibility index (Phi) is 19.5. The Balaban J connectivity index is 1.82. The van der Waals surface area contributed by atoms with E-state index < -0.39 is 14.2 Å². The van der Waals surface area contributed by atoms with E-state index in [1.807, 2.05) is 0 Å². The van der Waals surface area contributed by atoms with Gasteiger partial charge in [0.25, 0.3) is 0 Å². The predicted octanol–water partition coefficient (Wildman–Crippen LogP) is 9.27. The van der Waals surface area contributed by atoms with Gasteiger partial charge in [0, 0.05) is 12.8 Å². The summed E-state index contributed by atoms with van der Waals surface area (Å²) in [6, 6.07) is 0. The minimum absolute atomic E-state index is 0.0370. The minimum atomic E-state index is -1.19. The molecule has 1 heterocycles. The minimum Gasteiger partial charge on any atom is -0.438 e. The maximum absolute atomic E-state index is 12.3.